The third kappa shape index (κ3) is 8.00. The zero-order valence-electron chi connectivity index (χ0n) is 19.7. The lowest BCUT2D eigenvalue weighted by Gasteiger charge is -2.30. The number of esters is 1. The van der Waals surface area contributed by atoms with Crippen LogP contribution >= 0.6 is 0 Å². The van der Waals surface area contributed by atoms with E-state index >= 15 is 0 Å². The molecule has 2 atom stereocenters. The number of carbonyl (C=O) groups excluding carboxylic acids is 2. The highest BCUT2D eigenvalue weighted by molar-refractivity contribution is 5.91. The largest absolute Gasteiger partial charge is 0.477 e. The van der Waals surface area contributed by atoms with Gasteiger partial charge in [0.1, 0.15) is 22.9 Å². The van der Waals surface area contributed by atoms with Gasteiger partial charge in [-0.05, 0) is 66.0 Å². The van der Waals surface area contributed by atoms with Crippen LogP contribution in [0.15, 0.2) is 42.1 Å². The Morgan fingerprint density at radius 2 is 1.62 bits per heavy atom. The summed E-state index contributed by atoms with van der Waals surface area (Å²) in [6.07, 6.45) is 1.69. The van der Waals surface area contributed by atoms with Crippen molar-refractivity contribution in [1.82, 2.24) is 10.2 Å². The van der Waals surface area contributed by atoms with Crippen molar-refractivity contribution in [2.24, 2.45) is 0 Å². The third-order valence-corrected chi connectivity index (χ3v) is 4.67. The summed E-state index contributed by atoms with van der Waals surface area (Å²) in [5.41, 5.74) is -0.693. The molecule has 1 saturated heterocycles. The van der Waals surface area contributed by atoms with Crippen molar-refractivity contribution in [3.63, 3.8) is 0 Å². The first kappa shape index (κ1) is 25.4. The summed E-state index contributed by atoms with van der Waals surface area (Å²) in [5, 5.41) is 12.0. The van der Waals surface area contributed by atoms with E-state index in [2.05, 4.69) is 5.32 Å². The molecule has 1 aliphatic rings. The van der Waals surface area contributed by atoms with Crippen LogP contribution in [0.4, 0.5) is 4.79 Å². The van der Waals surface area contributed by atoms with Gasteiger partial charge in [-0.3, -0.25) is 15.0 Å². The lowest BCUT2D eigenvalue weighted by molar-refractivity contribution is -0.160. The molecule has 0 saturated carbocycles. The number of benzene rings is 1. The monoisotopic (exact) mass is 446 g/mol. The maximum absolute atomic E-state index is 12.9. The fraction of sp³-hybridized carbons (Fsp3) is 0.542. The number of nitrogens with one attached hydrogen (secondary N) is 1. The number of amides is 1. The Hall–Kier alpha value is -2.87. The van der Waals surface area contributed by atoms with Crippen LogP contribution < -0.4 is 5.32 Å². The van der Waals surface area contributed by atoms with Crippen molar-refractivity contribution in [2.75, 3.05) is 0 Å². The molecule has 32 heavy (non-hydrogen) atoms. The number of alkyl carbamates (subject to hydrolysis) is 1. The van der Waals surface area contributed by atoms with E-state index in [1.54, 1.807) is 20.8 Å². The molecular weight excluding hydrogens is 412 g/mol. The average molecular weight is 447 g/mol. The van der Waals surface area contributed by atoms with Crippen LogP contribution in [0.1, 0.15) is 59.9 Å². The first-order valence-electron chi connectivity index (χ1n) is 10.7. The normalized spacial score (nSPS) is 20.0. The van der Waals surface area contributed by atoms with Gasteiger partial charge in [-0.2, -0.15) is 0 Å². The number of carboxylic acid groups (broad SMARTS) is 1. The summed E-state index contributed by atoms with van der Waals surface area (Å²) < 4.78 is 10.8. The van der Waals surface area contributed by atoms with Crippen molar-refractivity contribution >= 4 is 18.0 Å². The third-order valence-electron chi connectivity index (χ3n) is 4.67. The number of hydrogen-bond donors (Lipinski definition) is 2. The summed E-state index contributed by atoms with van der Waals surface area (Å²) in [5.74, 6) is -1.63. The van der Waals surface area contributed by atoms with Gasteiger partial charge in [0.05, 0.1) is 0 Å². The molecule has 1 aromatic rings. The fourth-order valence-corrected chi connectivity index (χ4v) is 3.49. The molecule has 0 bridgehead atoms. The van der Waals surface area contributed by atoms with Crippen molar-refractivity contribution in [3.8, 4) is 0 Å². The predicted octanol–water partition coefficient (Wildman–Crippen LogP) is 3.85. The predicted molar refractivity (Wildman–Crippen MR) is 120 cm³/mol. The minimum Gasteiger partial charge on any atom is -0.477 e. The first-order chi connectivity index (χ1) is 14.7. The lowest BCUT2D eigenvalue weighted by Crippen LogP contribution is -2.43. The van der Waals surface area contributed by atoms with Crippen LogP contribution in [0, 0.1) is 0 Å². The maximum atomic E-state index is 12.9. The molecule has 0 aliphatic carbocycles. The van der Waals surface area contributed by atoms with Gasteiger partial charge in [0.2, 0.25) is 0 Å². The number of likely N-dealkylation sites (tertiary alicyclic amines) is 1. The van der Waals surface area contributed by atoms with E-state index in [0.717, 1.165) is 5.56 Å². The molecule has 1 aromatic carbocycles. The summed E-state index contributed by atoms with van der Waals surface area (Å²) in [4.78, 5) is 38.7. The lowest BCUT2D eigenvalue weighted by atomic mass is 10.1. The fourth-order valence-electron chi connectivity index (χ4n) is 3.49. The topological polar surface area (TPSA) is 105 Å². The molecule has 176 valence electrons. The van der Waals surface area contributed by atoms with Crippen molar-refractivity contribution in [1.29, 1.82) is 0 Å². The molecule has 2 N–H and O–H groups in total. The average Bonchev–Trinajstić information content (AvgIpc) is 3.01. The summed E-state index contributed by atoms with van der Waals surface area (Å²) in [6, 6.07) is 8.71. The van der Waals surface area contributed by atoms with Gasteiger partial charge < -0.3 is 14.6 Å². The number of carbonyl (C=O) groups is 3. The van der Waals surface area contributed by atoms with E-state index < -0.39 is 29.3 Å². The molecular formula is C24H34N2O6. The van der Waals surface area contributed by atoms with Crippen LogP contribution in [0.5, 0.6) is 0 Å². The Morgan fingerprint density at radius 1 is 1.03 bits per heavy atom. The van der Waals surface area contributed by atoms with Crippen LogP contribution in [0.3, 0.4) is 0 Å². The summed E-state index contributed by atoms with van der Waals surface area (Å²) in [6.45, 7) is 11.0. The number of nitrogens with zero attached hydrogens (tertiary/aromatic N) is 1. The number of ether oxygens (including phenoxy) is 2. The van der Waals surface area contributed by atoms with E-state index in [-0.39, 0.29) is 17.7 Å². The highest BCUT2D eigenvalue weighted by Crippen LogP contribution is 2.30. The molecule has 8 heteroatoms. The van der Waals surface area contributed by atoms with Gasteiger partial charge in [-0.25, -0.2) is 9.59 Å². The SMILES string of the molecule is CC(C)(C)OC(=O)N/C(=C\[C@H]1CC[C@@H](C(=O)OC(C)(C)C)N1Cc1ccccc1)C(=O)O. The van der Waals surface area contributed by atoms with Crippen LogP contribution in [-0.4, -0.2) is 51.3 Å². The standard InChI is InChI=1S/C24H34N2O6/c1-23(2,3)31-21(29)19-13-12-17(26(19)15-16-10-8-7-9-11-16)14-18(20(27)28)25-22(30)32-24(4,5)6/h7-11,14,17,19H,12-13,15H2,1-6H3,(H,25,30)(H,27,28)/b18-14-/t17-,19+/m1/s1. The second-order valence-corrected chi connectivity index (χ2v) is 9.86. The molecule has 2 rings (SSSR count). The first-order valence-corrected chi connectivity index (χ1v) is 10.7. The van der Waals surface area contributed by atoms with Gasteiger partial charge in [-0.1, -0.05) is 30.3 Å². The number of carboxylic acids is 1. The Kier molecular flexibility index (Phi) is 8.07. The summed E-state index contributed by atoms with van der Waals surface area (Å²) in [7, 11) is 0. The molecule has 1 fully saturated rings. The van der Waals surface area contributed by atoms with Crippen molar-refractivity contribution in [2.45, 2.75) is 84.2 Å². The van der Waals surface area contributed by atoms with Crippen LogP contribution in [0.2, 0.25) is 0 Å². The minimum atomic E-state index is -1.28. The highest BCUT2D eigenvalue weighted by Gasteiger charge is 2.39. The van der Waals surface area contributed by atoms with E-state index in [0.29, 0.717) is 19.4 Å². The number of aliphatic carboxylic acids is 1. The molecule has 0 radical (unpaired) electrons. The Morgan fingerprint density at radius 3 is 2.16 bits per heavy atom. The second-order valence-electron chi connectivity index (χ2n) is 9.86. The number of rotatable bonds is 6. The van der Waals surface area contributed by atoms with Crippen molar-refractivity contribution < 1.29 is 29.0 Å². The molecule has 0 unspecified atom stereocenters. The Balaban J connectivity index is 2.30. The maximum Gasteiger partial charge on any atom is 0.412 e. The van der Waals surface area contributed by atoms with Crippen molar-refractivity contribution in [3.05, 3.63) is 47.7 Å². The molecule has 1 aliphatic heterocycles. The zero-order valence-corrected chi connectivity index (χ0v) is 19.7. The second kappa shape index (κ2) is 10.2. The number of hydrogen-bond acceptors (Lipinski definition) is 6. The van der Waals surface area contributed by atoms with Gasteiger partial charge >= 0.3 is 18.0 Å². The van der Waals surface area contributed by atoms with Gasteiger partial charge in [0, 0.05) is 12.6 Å². The highest BCUT2D eigenvalue weighted by atomic mass is 16.6. The van der Waals surface area contributed by atoms with Crippen LogP contribution in [-0.2, 0) is 25.6 Å². The minimum absolute atomic E-state index is 0.285. The van der Waals surface area contributed by atoms with E-state index in [9.17, 15) is 19.5 Å². The summed E-state index contributed by atoms with van der Waals surface area (Å²) >= 11 is 0. The molecule has 0 spiro atoms. The molecule has 1 amide bonds. The van der Waals surface area contributed by atoms with Gasteiger partial charge in [0.25, 0.3) is 0 Å². The molecule has 1 heterocycles. The Labute approximate surface area is 189 Å². The van der Waals surface area contributed by atoms with E-state index in [1.807, 2.05) is 56.0 Å². The smallest absolute Gasteiger partial charge is 0.412 e. The Bertz CT molecular complexity index is 851. The zero-order chi connectivity index (χ0) is 24.1. The molecule has 0 aromatic heterocycles. The quantitative estimate of drug-likeness (QED) is 0.505. The van der Waals surface area contributed by atoms with Gasteiger partial charge in [0.15, 0.2) is 0 Å². The van der Waals surface area contributed by atoms with E-state index in [4.69, 9.17) is 9.47 Å². The van der Waals surface area contributed by atoms with Gasteiger partial charge in [-0.15, -0.1) is 0 Å². The van der Waals surface area contributed by atoms with Crippen LogP contribution in [0.25, 0.3) is 0 Å². The molecule has 8 nitrogen and oxygen atoms in total. The van der Waals surface area contributed by atoms with E-state index in [1.165, 1.54) is 6.08 Å².